The van der Waals surface area contributed by atoms with E-state index in [1.165, 1.54) is 32.4 Å². The van der Waals surface area contributed by atoms with Crippen LogP contribution in [0.25, 0.3) is 0 Å². The second kappa shape index (κ2) is 11.0. The molecule has 1 unspecified atom stereocenters. The third-order valence-electron chi connectivity index (χ3n) is 7.05. The minimum atomic E-state index is -3.61. The maximum absolute atomic E-state index is 13.2. The Morgan fingerprint density at radius 3 is 2.50 bits per heavy atom. The van der Waals surface area contributed by atoms with Crippen LogP contribution in [0.2, 0.25) is 5.02 Å². The third-order valence-corrected chi connectivity index (χ3v) is 10.2. The summed E-state index contributed by atoms with van der Waals surface area (Å²) in [4.78, 5) is 19.1. The van der Waals surface area contributed by atoms with Crippen molar-refractivity contribution in [3.63, 3.8) is 0 Å². The smallest absolute Gasteiger partial charge is 0.243 e. The number of nitrogens with zero attached hydrogens (tertiary/aromatic N) is 3. The van der Waals surface area contributed by atoms with E-state index in [9.17, 15) is 13.2 Å². The van der Waals surface area contributed by atoms with Gasteiger partial charge < -0.3 is 4.90 Å². The highest BCUT2D eigenvalue weighted by atomic mass is 35.5. The average Bonchev–Trinajstić information content (AvgIpc) is 3.22. The molecule has 190 valence electrons. The molecule has 1 fully saturated rings. The van der Waals surface area contributed by atoms with Gasteiger partial charge in [-0.2, -0.15) is 4.31 Å². The largest absolute Gasteiger partial charge is 0.341 e. The summed E-state index contributed by atoms with van der Waals surface area (Å²) in [7, 11) is -3.61. The molecule has 0 bridgehead atoms. The van der Waals surface area contributed by atoms with E-state index in [0.717, 1.165) is 13.0 Å². The van der Waals surface area contributed by atoms with Crippen LogP contribution < -0.4 is 0 Å². The number of hydrogen-bond acceptors (Lipinski definition) is 5. The first-order valence-corrected chi connectivity index (χ1v) is 15.0. The van der Waals surface area contributed by atoms with Crippen LogP contribution in [0.15, 0.2) is 70.9 Å². The summed E-state index contributed by atoms with van der Waals surface area (Å²) in [6.45, 7) is 3.28. The number of amides is 1. The highest BCUT2D eigenvalue weighted by Gasteiger charge is 2.31. The first-order chi connectivity index (χ1) is 17.4. The van der Waals surface area contributed by atoms with Gasteiger partial charge in [-0.3, -0.25) is 9.69 Å². The van der Waals surface area contributed by atoms with E-state index in [-0.39, 0.29) is 16.8 Å². The standard InChI is InChI=1S/C27H30ClN3O3S2/c28-22-7-9-23(10-8-22)36(33,34)31-15-4-14-29(18-19-31)26(32)12-17-30-16-11-25-24(13-20-35-25)27(30)21-5-2-1-3-6-21/h1-3,5-10,13,20,27H,4,11-12,14-19H2. The number of benzene rings is 2. The van der Waals surface area contributed by atoms with Gasteiger partial charge in [-0.15, -0.1) is 11.3 Å². The SMILES string of the molecule is O=C(CCN1CCc2sccc2C1c1ccccc1)N1CCCN(S(=O)(=O)c2ccc(Cl)cc2)CC1. The van der Waals surface area contributed by atoms with Gasteiger partial charge in [0.2, 0.25) is 15.9 Å². The maximum atomic E-state index is 13.2. The molecule has 0 radical (unpaired) electrons. The number of carbonyl (C=O) groups excluding carboxylic acids is 1. The maximum Gasteiger partial charge on any atom is 0.243 e. The van der Waals surface area contributed by atoms with Crippen molar-refractivity contribution in [1.29, 1.82) is 0 Å². The number of thiophene rings is 1. The molecule has 3 aromatic rings. The van der Waals surface area contributed by atoms with Crippen LogP contribution in [0.5, 0.6) is 0 Å². The van der Waals surface area contributed by atoms with Crippen molar-refractivity contribution in [3.8, 4) is 0 Å². The van der Waals surface area contributed by atoms with Crippen molar-refractivity contribution in [2.45, 2.75) is 30.2 Å². The van der Waals surface area contributed by atoms with Crippen LogP contribution >= 0.6 is 22.9 Å². The molecule has 1 amide bonds. The number of carbonyl (C=O) groups is 1. The fraction of sp³-hybridized carbons (Fsp3) is 0.370. The van der Waals surface area contributed by atoms with E-state index in [1.54, 1.807) is 12.1 Å². The highest BCUT2D eigenvalue weighted by Crippen LogP contribution is 2.37. The summed E-state index contributed by atoms with van der Waals surface area (Å²) in [6, 6.07) is 19.1. The van der Waals surface area contributed by atoms with Crippen LogP contribution in [0, 0.1) is 0 Å². The predicted octanol–water partition coefficient (Wildman–Crippen LogP) is 4.66. The Bertz CT molecular complexity index is 1300. The van der Waals surface area contributed by atoms with Gasteiger partial charge in [-0.05, 0) is 59.7 Å². The lowest BCUT2D eigenvalue weighted by Gasteiger charge is -2.36. The summed E-state index contributed by atoms with van der Waals surface area (Å²) in [6.07, 6.45) is 2.05. The Kier molecular flexibility index (Phi) is 7.79. The minimum absolute atomic E-state index is 0.0867. The van der Waals surface area contributed by atoms with Gasteiger partial charge in [0.05, 0.1) is 10.9 Å². The highest BCUT2D eigenvalue weighted by molar-refractivity contribution is 7.89. The lowest BCUT2D eigenvalue weighted by molar-refractivity contribution is -0.131. The Labute approximate surface area is 222 Å². The van der Waals surface area contributed by atoms with Crippen molar-refractivity contribution in [1.82, 2.24) is 14.1 Å². The second-order valence-corrected chi connectivity index (χ2v) is 12.6. The number of rotatable bonds is 6. The van der Waals surface area contributed by atoms with E-state index in [1.807, 2.05) is 22.3 Å². The Morgan fingerprint density at radius 2 is 1.72 bits per heavy atom. The van der Waals surface area contributed by atoms with Crippen molar-refractivity contribution >= 4 is 38.9 Å². The molecule has 0 spiro atoms. The Balaban J connectivity index is 1.22. The molecule has 0 saturated carbocycles. The fourth-order valence-corrected chi connectivity index (χ4v) is 7.67. The van der Waals surface area contributed by atoms with Gasteiger partial charge in [0.15, 0.2) is 0 Å². The van der Waals surface area contributed by atoms with Crippen molar-refractivity contribution < 1.29 is 13.2 Å². The van der Waals surface area contributed by atoms with E-state index in [4.69, 9.17) is 11.6 Å². The van der Waals surface area contributed by atoms with Gasteiger partial charge in [0.25, 0.3) is 0 Å². The first-order valence-electron chi connectivity index (χ1n) is 12.3. The van der Waals surface area contributed by atoms with Crippen LogP contribution in [0.1, 0.15) is 34.9 Å². The molecule has 1 saturated heterocycles. The molecule has 0 N–H and O–H groups in total. The molecule has 6 nitrogen and oxygen atoms in total. The van der Waals surface area contributed by atoms with Crippen LogP contribution in [0.4, 0.5) is 0 Å². The number of halogens is 1. The Morgan fingerprint density at radius 1 is 0.944 bits per heavy atom. The quantitative estimate of drug-likeness (QED) is 0.453. The van der Waals surface area contributed by atoms with E-state index < -0.39 is 10.0 Å². The molecule has 9 heteroatoms. The molecular weight excluding hydrogens is 514 g/mol. The van der Waals surface area contributed by atoms with Crippen molar-refractivity contribution in [3.05, 3.63) is 87.1 Å². The number of hydrogen-bond donors (Lipinski definition) is 0. The van der Waals surface area contributed by atoms with E-state index >= 15 is 0 Å². The average molecular weight is 544 g/mol. The zero-order valence-corrected chi connectivity index (χ0v) is 22.4. The zero-order valence-electron chi connectivity index (χ0n) is 20.1. The van der Waals surface area contributed by atoms with Gasteiger partial charge in [0.1, 0.15) is 0 Å². The summed E-state index contributed by atoms with van der Waals surface area (Å²) in [5.41, 5.74) is 2.60. The molecule has 1 aromatic heterocycles. The van der Waals surface area contributed by atoms with Crippen LogP contribution in [0.3, 0.4) is 0 Å². The van der Waals surface area contributed by atoms with Crippen molar-refractivity contribution in [2.75, 3.05) is 39.3 Å². The normalized spacial score (nSPS) is 19.6. The second-order valence-electron chi connectivity index (χ2n) is 9.24. The molecule has 2 aliphatic rings. The van der Waals surface area contributed by atoms with Crippen molar-refractivity contribution in [2.24, 2.45) is 0 Å². The summed E-state index contributed by atoms with van der Waals surface area (Å²) in [5, 5.41) is 2.66. The van der Waals surface area contributed by atoms with Crippen LogP contribution in [-0.2, 0) is 21.2 Å². The van der Waals surface area contributed by atoms with Gasteiger partial charge >= 0.3 is 0 Å². The fourth-order valence-electron chi connectivity index (χ4n) is 5.17. The first kappa shape index (κ1) is 25.4. The summed E-state index contributed by atoms with van der Waals surface area (Å²) in [5.74, 6) is 0.0867. The van der Waals surface area contributed by atoms with E-state index in [2.05, 4.69) is 40.6 Å². The molecule has 1 atom stereocenters. The Hall–Kier alpha value is -2.23. The minimum Gasteiger partial charge on any atom is -0.341 e. The van der Waals surface area contributed by atoms with Gasteiger partial charge in [0, 0.05) is 55.6 Å². The van der Waals surface area contributed by atoms with Crippen LogP contribution in [-0.4, -0.2) is 67.7 Å². The zero-order chi connectivity index (χ0) is 25.1. The molecule has 3 heterocycles. The van der Waals surface area contributed by atoms with Gasteiger partial charge in [-0.25, -0.2) is 8.42 Å². The molecule has 5 rings (SSSR count). The molecular formula is C27H30ClN3O3S2. The molecule has 36 heavy (non-hydrogen) atoms. The number of sulfonamides is 1. The van der Waals surface area contributed by atoms with E-state index in [0.29, 0.717) is 50.6 Å². The number of fused-ring (bicyclic) bond motifs is 1. The van der Waals surface area contributed by atoms with Gasteiger partial charge in [-0.1, -0.05) is 41.9 Å². The monoisotopic (exact) mass is 543 g/mol. The topological polar surface area (TPSA) is 60.9 Å². The predicted molar refractivity (Wildman–Crippen MR) is 144 cm³/mol. The lowest BCUT2D eigenvalue weighted by Crippen LogP contribution is -2.40. The molecule has 2 aromatic carbocycles. The lowest BCUT2D eigenvalue weighted by atomic mass is 9.93. The summed E-state index contributed by atoms with van der Waals surface area (Å²) >= 11 is 7.74. The molecule has 0 aliphatic carbocycles. The molecule has 2 aliphatic heterocycles. The summed E-state index contributed by atoms with van der Waals surface area (Å²) < 4.78 is 27.6. The third kappa shape index (κ3) is 5.38.